The standard InChI is InChI=1S/C22H23F2N7O/c23-22(24)7-15(8-22)21(32)31-19-6-13-5-14(9-27-17(13)11-28-19)18-10-26-12-20(30-18)29-16-1-3-25-4-2-16/h5-6,9-12,15-16,25H,1-4,7-8H2,(H,29,30)(H,28,31,32). The van der Waals surface area contributed by atoms with Gasteiger partial charge in [0.05, 0.1) is 29.8 Å². The van der Waals surface area contributed by atoms with Gasteiger partial charge in [0.2, 0.25) is 11.8 Å². The van der Waals surface area contributed by atoms with Gasteiger partial charge in [-0.15, -0.1) is 0 Å². The second-order valence-electron chi connectivity index (χ2n) is 8.39. The summed E-state index contributed by atoms with van der Waals surface area (Å²) in [6.45, 7) is 1.96. The van der Waals surface area contributed by atoms with Gasteiger partial charge in [-0.05, 0) is 38.1 Å². The smallest absolute Gasteiger partial charge is 0.249 e. The van der Waals surface area contributed by atoms with E-state index in [0.717, 1.165) is 42.7 Å². The Labute approximate surface area is 183 Å². The molecule has 1 aliphatic heterocycles. The molecule has 5 rings (SSSR count). The monoisotopic (exact) mass is 439 g/mol. The molecular weight excluding hydrogens is 416 g/mol. The molecular formula is C22H23F2N7O. The Morgan fingerprint density at radius 1 is 1.03 bits per heavy atom. The van der Waals surface area contributed by atoms with Crippen LogP contribution in [0.2, 0.25) is 0 Å². The van der Waals surface area contributed by atoms with Gasteiger partial charge in [0, 0.05) is 41.9 Å². The van der Waals surface area contributed by atoms with Crippen molar-refractivity contribution < 1.29 is 13.6 Å². The lowest BCUT2D eigenvalue weighted by Gasteiger charge is -2.33. The van der Waals surface area contributed by atoms with E-state index in [0.29, 0.717) is 23.1 Å². The fraction of sp³-hybridized carbons (Fsp3) is 0.409. The van der Waals surface area contributed by atoms with Gasteiger partial charge < -0.3 is 16.0 Å². The Balaban J connectivity index is 1.33. The maximum atomic E-state index is 13.0. The highest BCUT2D eigenvalue weighted by molar-refractivity contribution is 5.94. The number of pyridine rings is 2. The van der Waals surface area contributed by atoms with Gasteiger partial charge in [-0.3, -0.25) is 14.8 Å². The predicted molar refractivity (Wildman–Crippen MR) is 116 cm³/mol. The molecule has 0 unspecified atom stereocenters. The fourth-order valence-corrected chi connectivity index (χ4v) is 4.06. The Kier molecular flexibility index (Phi) is 5.38. The molecule has 0 spiro atoms. The van der Waals surface area contributed by atoms with Crippen LogP contribution in [0.3, 0.4) is 0 Å². The highest BCUT2D eigenvalue weighted by Gasteiger charge is 2.48. The summed E-state index contributed by atoms with van der Waals surface area (Å²) in [5.41, 5.74) is 2.11. The van der Waals surface area contributed by atoms with E-state index in [9.17, 15) is 13.6 Å². The first-order valence-corrected chi connectivity index (χ1v) is 10.7. The molecule has 32 heavy (non-hydrogen) atoms. The van der Waals surface area contributed by atoms with Crippen LogP contribution in [0.4, 0.5) is 20.4 Å². The van der Waals surface area contributed by atoms with E-state index in [1.54, 1.807) is 30.9 Å². The third-order valence-corrected chi connectivity index (χ3v) is 5.90. The number of carbonyl (C=O) groups excluding carboxylic acids is 1. The summed E-state index contributed by atoms with van der Waals surface area (Å²) >= 11 is 0. The molecule has 8 nitrogen and oxygen atoms in total. The van der Waals surface area contributed by atoms with Crippen molar-refractivity contribution in [2.45, 2.75) is 37.6 Å². The normalized spacial score (nSPS) is 18.8. The zero-order valence-corrected chi connectivity index (χ0v) is 17.3. The lowest BCUT2D eigenvalue weighted by molar-refractivity contribution is -0.145. The number of hydrogen-bond acceptors (Lipinski definition) is 7. The number of alkyl halides is 2. The molecule has 1 saturated heterocycles. The number of nitrogens with zero attached hydrogens (tertiary/aromatic N) is 4. The first kappa shape index (κ1) is 20.6. The molecule has 1 amide bonds. The van der Waals surface area contributed by atoms with Gasteiger partial charge in [-0.2, -0.15) is 0 Å². The average Bonchev–Trinajstić information content (AvgIpc) is 2.78. The summed E-state index contributed by atoms with van der Waals surface area (Å²) in [4.78, 5) is 29.8. The Morgan fingerprint density at radius 2 is 1.84 bits per heavy atom. The lowest BCUT2D eigenvalue weighted by atomic mass is 9.81. The maximum absolute atomic E-state index is 13.0. The van der Waals surface area contributed by atoms with Gasteiger partial charge in [0.1, 0.15) is 11.6 Å². The Hall–Kier alpha value is -3.27. The molecule has 0 bridgehead atoms. The summed E-state index contributed by atoms with van der Waals surface area (Å²) in [5, 5.41) is 10.2. The number of carbonyl (C=O) groups is 1. The van der Waals surface area contributed by atoms with E-state index in [4.69, 9.17) is 0 Å². The van der Waals surface area contributed by atoms with Gasteiger partial charge in [0.25, 0.3) is 0 Å². The molecule has 1 aliphatic carbocycles. The Bertz CT molecular complexity index is 1140. The molecule has 3 aromatic rings. The molecule has 2 aliphatic rings. The number of anilines is 2. The van der Waals surface area contributed by atoms with Crippen molar-refractivity contribution in [3.8, 4) is 11.3 Å². The number of fused-ring (bicyclic) bond motifs is 1. The van der Waals surface area contributed by atoms with Crippen LogP contribution in [0.1, 0.15) is 25.7 Å². The summed E-state index contributed by atoms with van der Waals surface area (Å²) in [6, 6.07) is 3.95. The zero-order valence-electron chi connectivity index (χ0n) is 17.3. The van der Waals surface area contributed by atoms with Crippen molar-refractivity contribution in [1.29, 1.82) is 0 Å². The molecule has 1 saturated carbocycles. The average molecular weight is 439 g/mol. The maximum Gasteiger partial charge on any atom is 0.249 e. The fourth-order valence-electron chi connectivity index (χ4n) is 4.06. The molecule has 166 valence electrons. The van der Waals surface area contributed by atoms with Crippen LogP contribution in [0.25, 0.3) is 22.2 Å². The number of aromatic nitrogens is 4. The molecule has 4 heterocycles. The molecule has 10 heteroatoms. The zero-order chi connectivity index (χ0) is 22.1. The minimum atomic E-state index is -2.74. The number of nitrogens with one attached hydrogen (secondary N) is 3. The summed E-state index contributed by atoms with van der Waals surface area (Å²) < 4.78 is 26.1. The number of halogens is 2. The largest absolute Gasteiger partial charge is 0.366 e. The lowest BCUT2D eigenvalue weighted by Crippen LogP contribution is -2.42. The molecule has 0 aromatic carbocycles. The SMILES string of the molecule is O=C(Nc1cc2cc(-c3cncc(NC4CCNCC4)n3)cnc2cn1)C1CC(F)(F)C1. The second-order valence-corrected chi connectivity index (χ2v) is 8.39. The van der Waals surface area contributed by atoms with Crippen LogP contribution in [0.5, 0.6) is 0 Å². The van der Waals surface area contributed by atoms with Gasteiger partial charge in [0.15, 0.2) is 0 Å². The van der Waals surface area contributed by atoms with E-state index in [1.165, 1.54) is 0 Å². The molecule has 2 fully saturated rings. The van der Waals surface area contributed by atoms with Crippen LogP contribution >= 0.6 is 0 Å². The summed E-state index contributed by atoms with van der Waals surface area (Å²) in [7, 11) is 0. The number of hydrogen-bond donors (Lipinski definition) is 3. The van der Waals surface area contributed by atoms with E-state index < -0.39 is 30.6 Å². The van der Waals surface area contributed by atoms with Crippen LogP contribution in [0, 0.1) is 5.92 Å². The van der Waals surface area contributed by atoms with Crippen LogP contribution in [0.15, 0.2) is 36.9 Å². The van der Waals surface area contributed by atoms with Gasteiger partial charge in [-0.25, -0.2) is 18.7 Å². The predicted octanol–water partition coefficient (Wildman–Crippen LogP) is 3.23. The van der Waals surface area contributed by atoms with Crippen molar-refractivity contribution >= 4 is 28.4 Å². The third-order valence-electron chi connectivity index (χ3n) is 5.90. The van der Waals surface area contributed by atoms with Gasteiger partial charge >= 0.3 is 0 Å². The van der Waals surface area contributed by atoms with Crippen LogP contribution in [-0.2, 0) is 4.79 Å². The van der Waals surface area contributed by atoms with Crippen LogP contribution < -0.4 is 16.0 Å². The van der Waals surface area contributed by atoms with Crippen molar-refractivity contribution in [1.82, 2.24) is 25.3 Å². The van der Waals surface area contributed by atoms with Crippen molar-refractivity contribution in [2.24, 2.45) is 5.92 Å². The summed E-state index contributed by atoms with van der Waals surface area (Å²) in [5.74, 6) is -2.83. The highest BCUT2D eigenvalue weighted by atomic mass is 19.3. The Morgan fingerprint density at radius 3 is 2.62 bits per heavy atom. The van der Waals surface area contributed by atoms with Crippen molar-refractivity contribution in [3.63, 3.8) is 0 Å². The quantitative estimate of drug-likeness (QED) is 0.561. The topological polar surface area (TPSA) is 105 Å². The van der Waals surface area contributed by atoms with E-state index in [1.807, 2.05) is 6.07 Å². The number of piperidine rings is 1. The van der Waals surface area contributed by atoms with Crippen LogP contribution in [-0.4, -0.2) is 50.9 Å². The highest BCUT2D eigenvalue weighted by Crippen LogP contribution is 2.42. The molecule has 0 atom stereocenters. The number of amides is 1. The second kappa shape index (κ2) is 8.34. The van der Waals surface area contributed by atoms with Crippen molar-refractivity contribution in [3.05, 3.63) is 36.9 Å². The first-order chi connectivity index (χ1) is 15.4. The number of rotatable bonds is 5. The van der Waals surface area contributed by atoms with E-state index >= 15 is 0 Å². The molecule has 0 radical (unpaired) electrons. The first-order valence-electron chi connectivity index (χ1n) is 10.7. The molecule has 3 N–H and O–H groups in total. The van der Waals surface area contributed by atoms with E-state index in [2.05, 4.69) is 35.9 Å². The summed E-state index contributed by atoms with van der Waals surface area (Å²) in [6.07, 6.45) is 7.87. The van der Waals surface area contributed by atoms with Gasteiger partial charge in [-0.1, -0.05) is 0 Å². The van der Waals surface area contributed by atoms with E-state index in [-0.39, 0.29) is 0 Å². The minimum absolute atomic E-state index is 0.309. The third kappa shape index (κ3) is 4.50. The van der Waals surface area contributed by atoms with Crippen molar-refractivity contribution in [2.75, 3.05) is 23.7 Å². The molecule has 3 aromatic heterocycles. The minimum Gasteiger partial charge on any atom is -0.366 e.